The molecule has 0 radical (unpaired) electrons. The van der Waals surface area contributed by atoms with Crippen LogP contribution in [0.5, 0.6) is 11.5 Å². The van der Waals surface area contributed by atoms with Gasteiger partial charge in [-0.1, -0.05) is 18.2 Å². The third-order valence-electron chi connectivity index (χ3n) is 9.31. The van der Waals surface area contributed by atoms with Crippen molar-refractivity contribution in [2.45, 2.75) is 49.3 Å². The summed E-state index contributed by atoms with van der Waals surface area (Å²) in [6.07, 6.45) is 6.49. The van der Waals surface area contributed by atoms with Crippen LogP contribution in [-0.2, 0) is 30.9 Å². The Labute approximate surface area is 199 Å². The van der Waals surface area contributed by atoms with Crippen LogP contribution in [-0.4, -0.2) is 75.5 Å². The van der Waals surface area contributed by atoms with E-state index in [9.17, 15) is 9.59 Å². The van der Waals surface area contributed by atoms with Crippen LogP contribution in [0.2, 0.25) is 0 Å². The molecule has 7 rings (SSSR count). The molecule has 1 N–H and O–H groups in total. The average molecular weight is 469 g/mol. The molecule has 34 heavy (non-hydrogen) atoms. The molecule has 4 bridgehead atoms. The van der Waals surface area contributed by atoms with Crippen molar-refractivity contribution in [2.75, 3.05) is 41.0 Å². The Hall–Kier alpha value is -2.58. The standard InChI is InChI=1S/C26H32N2O6/c1-5-33-19(29)14-27-22(30)16-13-24-8-9-26(16,32-4)23-25(24)10-11-28(2)18(24)12-15-6-7-17(31-3)21(34-23)20(15)25/h6-9,16,18,23H,5,10-14H2,1-4H3,(H,27,30)/t16-,18-,23-,24+,25-,26-/m0/s1. The number of carbonyl (C=O) groups excluding carboxylic acids is 2. The molecule has 1 aromatic rings. The van der Waals surface area contributed by atoms with Gasteiger partial charge in [0.2, 0.25) is 5.91 Å². The monoisotopic (exact) mass is 468 g/mol. The molecule has 6 atom stereocenters. The van der Waals surface area contributed by atoms with Gasteiger partial charge >= 0.3 is 5.97 Å². The van der Waals surface area contributed by atoms with Crippen LogP contribution in [0.4, 0.5) is 0 Å². The summed E-state index contributed by atoms with van der Waals surface area (Å²) in [5.41, 5.74) is 1.04. The lowest BCUT2D eigenvalue weighted by atomic mass is 9.37. The van der Waals surface area contributed by atoms with Gasteiger partial charge in [-0.05, 0) is 51.4 Å². The van der Waals surface area contributed by atoms with E-state index in [0.717, 1.165) is 30.9 Å². The Morgan fingerprint density at radius 3 is 2.82 bits per heavy atom. The summed E-state index contributed by atoms with van der Waals surface area (Å²) in [5.74, 6) is 0.387. The highest BCUT2D eigenvalue weighted by atomic mass is 16.6. The molecule has 8 nitrogen and oxygen atoms in total. The summed E-state index contributed by atoms with van der Waals surface area (Å²) in [6, 6.07) is 4.42. The molecule has 2 aliphatic heterocycles. The topological polar surface area (TPSA) is 86.3 Å². The van der Waals surface area contributed by atoms with E-state index in [-0.39, 0.29) is 42.0 Å². The van der Waals surface area contributed by atoms with E-state index in [1.807, 2.05) is 6.07 Å². The molecule has 1 saturated carbocycles. The van der Waals surface area contributed by atoms with Gasteiger partial charge in [0, 0.05) is 24.1 Å². The SMILES string of the molecule is CCOC(=O)CNC(=O)[C@@H]1C[C@@]23C=C[C@@]1(OC)[C@H]1Oc4c(OC)ccc5c4[C@@]12CCN(C)[C@H]3C5. The summed E-state index contributed by atoms with van der Waals surface area (Å²) in [5, 5.41) is 2.81. The quantitative estimate of drug-likeness (QED) is 0.501. The predicted molar refractivity (Wildman–Crippen MR) is 123 cm³/mol. The average Bonchev–Trinajstić information content (AvgIpc) is 3.22. The highest BCUT2D eigenvalue weighted by Crippen LogP contribution is 2.74. The molecule has 2 heterocycles. The molecule has 1 amide bonds. The van der Waals surface area contributed by atoms with Crippen LogP contribution in [0.1, 0.15) is 30.9 Å². The number of ether oxygens (including phenoxy) is 4. The number of nitrogens with one attached hydrogen (secondary N) is 1. The van der Waals surface area contributed by atoms with E-state index >= 15 is 0 Å². The molecule has 4 aliphatic carbocycles. The summed E-state index contributed by atoms with van der Waals surface area (Å²) in [7, 11) is 5.51. The molecule has 182 valence electrons. The van der Waals surface area contributed by atoms with Crippen LogP contribution in [0.15, 0.2) is 24.3 Å². The zero-order valence-electron chi connectivity index (χ0n) is 20.2. The van der Waals surface area contributed by atoms with E-state index in [4.69, 9.17) is 18.9 Å². The number of nitrogens with zero attached hydrogens (tertiary/aromatic N) is 1. The highest BCUT2D eigenvalue weighted by Gasteiger charge is 2.79. The summed E-state index contributed by atoms with van der Waals surface area (Å²) < 4.78 is 23.8. The largest absolute Gasteiger partial charge is 0.493 e. The maximum atomic E-state index is 13.6. The third-order valence-corrected chi connectivity index (χ3v) is 9.31. The van der Waals surface area contributed by atoms with Crippen molar-refractivity contribution in [2.24, 2.45) is 11.3 Å². The number of hydrogen-bond donors (Lipinski definition) is 1. The second-order valence-corrected chi connectivity index (χ2v) is 10.3. The molecule has 6 aliphatic rings. The van der Waals surface area contributed by atoms with Crippen LogP contribution in [0.3, 0.4) is 0 Å². The first-order valence-corrected chi connectivity index (χ1v) is 12.1. The fourth-order valence-electron chi connectivity index (χ4n) is 8.00. The van der Waals surface area contributed by atoms with E-state index in [1.54, 1.807) is 21.1 Å². The number of methoxy groups -OCH3 is 2. The van der Waals surface area contributed by atoms with Crippen molar-refractivity contribution in [3.8, 4) is 11.5 Å². The van der Waals surface area contributed by atoms with Crippen LogP contribution in [0, 0.1) is 11.3 Å². The molecule has 1 aromatic carbocycles. The number of rotatable bonds is 6. The van der Waals surface area contributed by atoms with Gasteiger partial charge in [-0.25, -0.2) is 0 Å². The molecular formula is C26H32N2O6. The number of likely N-dealkylation sites (N-methyl/N-ethyl adjacent to an activating group) is 1. The maximum absolute atomic E-state index is 13.6. The number of likely N-dealkylation sites (tertiary alicyclic amines) is 1. The normalized spacial score (nSPS) is 38.2. The lowest BCUT2D eigenvalue weighted by Crippen LogP contribution is -2.80. The summed E-state index contributed by atoms with van der Waals surface area (Å²) >= 11 is 0. The number of fused-ring (bicyclic) bond motifs is 1. The van der Waals surface area contributed by atoms with Gasteiger partial charge in [-0.2, -0.15) is 0 Å². The van der Waals surface area contributed by atoms with Crippen LogP contribution in [0.25, 0.3) is 0 Å². The third kappa shape index (κ3) is 2.36. The van der Waals surface area contributed by atoms with Gasteiger partial charge in [-0.3, -0.25) is 9.59 Å². The number of benzene rings is 1. The molecule has 2 spiro atoms. The van der Waals surface area contributed by atoms with E-state index in [0.29, 0.717) is 6.42 Å². The second kappa shape index (κ2) is 7.21. The number of amides is 1. The molecule has 0 aromatic heterocycles. The highest BCUT2D eigenvalue weighted by molar-refractivity contribution is 5.86. The van der Waals surface area contributed by atoms with E-state index in [1.165, 1.54) is 11.1 Å². The first kappa shape index (κ1) is 21.9. The van der Waals surface area contributed by atoms with Gasteiger partial charge in [-0.15, -0.1) is 0 Å². The van der Waals surface area contributed by atoms with E-state index in [2.05, 4.69) is 35.5 Å². The van der Waals surface area contributed by atoms with Gasteiger partial charge in [0.1, 0.15) is 18.2 Å². The van der Waals surface area contributed by atoms with Gasteiger partial charge in [0.25, 0.3) is 0 Å². The first-order chi connectivity index (χ1) is 16.4. The van der Waals surface area contributed by atoms with Crippen molar-refractivity contribution in [1.29, 1.82) is 0 Å². The molecule has 0 unspecified atom stereocenters. The molecular weight excluding hydrogens is 436 g/mol. The van der Waals surface area contributed by atoms with Crippen molar-refractivity contribution in [1.82, 2.24) is 10.2 Å². The summed E-state index contributed by atoms with van der Waals surface area (Å²) in [4.78, 5) is 28.0. The Bertz CT molecular complexity index is 1100. The Morgan fingerprint density at radius 2 is 2.09 bits per heavy atom. The minimum Gasteiger partial charge on any atom is -0.493 e. The first-order valence-electron chi connectivity index (χ1n) is 12.1. The zero-order valence-corrected chi connectivity index (χ0v) is 20.2. The maximum Gasteiger partial charge on any atom is 0.325 e. The van der Waals surface area contributed by atoms with Gasteiger partial charge < -0.3 is 29.2 Å². The summed E-state index contributed by atoms with van der Waals surface area (Å²) in [6.45, 7) is 2.83. The molecule has 8 heteroatoms. The second-order valence-electron chi connectivity index (χ2n) is 10.3. The van der Waals surface area contributed by atoms with Crippen molar-refractivity contribution in [3.63, 3.8) is 0 Å². The van der Waals surface area contributed by atoms with Crippen LogP contribution < -0.4 is 14.8 Å². The van der Waals surface area contributed by atoms with Gasteiger partial charge in [0.15, 0.2) is 11.5 Å². The fraction of sp³-hybridized carbons (Fsp3) is 0.615. The number of carbonyl (C=O) groups is 2. The Morgan fingerprint density at radius 1 is 1.26 bits per heavy atom. The number of piperidine rings is 1. The lowest BCUT2D eigenvalue weighted by Gasteiger charge is -2.70. The van der Waals surface area contributed by atoms with Crippen molar-refractivity contribution < 1.29 is 28.5 Å². The minimum atomic E-state index is -0.945. The molecule has 1 saturated heterocycles. The molecule has 2 fully saturated rings. The Kier molecular flexibility index (Phi) is 4.65. The van der Waals surface area contributed by atoms with Crippen LogP contribution >= 0.6 is 0 Å². The number of hydrogen-bond acceptors (Lipinski definition) is 7. The predicted octanol–water partition coefficient (Wildman–Crippen LogP) is 1.59. The smallest absolute Gasteiger partial charge is 0.325 e. The lowest BCUT2D eigenvalue weighted by molar-refractivity contribution is -0.213. The fourth-order valence-corrected chi connectivity index (χ4v) is 8.00. The Balaban J connectivity index is 1.50. The number of esters is 1. The van der Waals surface area contributed by atoms with E-state index < -0.39 is 17.5 Å². The van der Waals surface area contributed by atoms with Gasteiger partial charge in [0.05, 0.1) is 25.0 Å². The van der Waals surface area contributed by atoms with Crippen molar-refractivity contribution in [3.05, 3.63) is 35.4 Å². The minimum absolute atomic E-state index is 0.155. The van der Waals surface area contributed by atoms with Crippen molar-refractivity contribution >= 4 is 11.9 Å². The zero-order chi connectivity index (χ0) is 23.9.